The van der Waals surface area contributed by atoms with Gasteiger partial charge in [-0.3, -0.25) is 9.59 Å². The lowest BCUT2D eigenvalue weighted by molar-refractivity contribution is 0.0314. The summed E-state index contributed by atoms with van der Waals surface area (Å²) < 4.78 is 0. The minimum atomic E-state index is -0.919. The minimum Gasteiger partial charge on any atom is -0.388 e. The van der Waals surface area contributed by atoms with Crippen LogP contribution in [0.1, 0.15) is 47.4 Å². The molecule has 2 amide bonds. The first-order valence-electron chi connectivity index (χ1n) is 8.45. The number of amides is 2. The predicted octanol–water partition coefficient (Wildman–Crippen LogP) is 3.22. The van der Waals surface area contributed by atoms with Crippen molar-refractivity contribution in [3.05, 3.63) is 65.7 Å². The van der Waals surface area contributed by atoms with Crippen molar-refractivity contribution in [3.8, 4) is 0 Å². The van der Waals surface area contributed by atoms with Gasteiger partial charge in [0, 0.05) is 12.1 Å². The van der Waals surface area contributed by atoms with E-state index in [1.807, 2.05) is 19.9 Å². The molecule has 25 heavy (non-hydrogen) atoms. The molecular formula is C20H24N2O3. The van der Waals surface area contributed by atoms with Crippen molar-refractivity contribution < 1.29 is 14.7 Å². The summed E-state index contributed by atoms with van der Waals surface area (Å²) in [7, 11) is 0. The molecule has 2 aromatic rings. The van der Waals surface area contributed by atoms with Crippen molar-refractivity contribution in [2.24, 2.45) is 0 Å². The van der Waals surface area contributed by atoms with Crippen molar-refractivity contribution in [2.45, 2.75) is 32.3 Å². The monoisotopic (exact) mass is 340 g/mol. The maximum Gasteiger partial charge on any atom is 0.255 e. The highest BCUT2D eigenvalue weighted by Crippen LogP contribution is 2.18. The molecule has 0 bridgehead atoms. The molecule has 0 aliphatic carbocycles. The molecule has 2 rings (SSSR count). The van der Waals surface area contributed by atoms with Crippen LogP contribution in [0.5, 0.6) is 0 Å². The summed E-state index contributed by atoms with van der Waals surface area (Å²) in [5, 5.41) is 15.8. The third-order valence-electron chi connectivity index (χ3n) is 4.35. The Morgan fingerprint density at radius 3 is 2.16 bits per heavy atom. The van der Waals surface area contributed by atoms with Crippen LogP contribution in [-0.4, -0.2) is 29.1 Å². The van der Waals surface area contributed by atoms with Gasteiger partial charge in [-0.05, 0) is 37.1 Å². The molecule has 0 atom stereocenters. The Kier molecular flexibility index (Phi) is 6.31. The van der Waals surface area contributed by atoms with Gasteiger partial charge in [-0.2, -0.15) is 0 Å². The fraction of sp³-hybridized carbons (Fsp3) is 0.300. The van der Waals surface area contributed by atoms with Crippen LogP contribution < -0.4 is 10.6 Å². The van der Waals surface area contributed by atoms with Gasteiger partial charge in [0.2, 0.25) is 0 Å². The number of para-hydroxylation sites is 1. The zero-order chi connectivity index (χ0) is 18.3. The van der Waals surface area contributed by atoms with Crippen LogP contribution in [0.2, 0.25) is 0 Å². The average molecular weight is 340 g/mol. The van der Waals surface area contributed by atoms with Crippen molar-refractivity contribution in [1.29, 1.82) is 0 Å². The largest absolute Gasteiger partial charge is 0.388 e. The highest BCUT2D eigenvalue weighted by Gasteiger charge is 2.23. The van der Waals surface area contributed by atoms with Gasteiger partial charge in [0.15, 0.2) is 0 Å². The number of carbonyl (C=O) groups excluding carboxylic acids is 2. The summed E-state index contributed by atoms with van der Waals surface area (Å²) in [5.74, 6) is -0.608. The van der Waals surface area contributed by atoms with Crippen LogP contribution in [0.3, 0.4) is 0 Å². The Hall–Kier alpha value is -2.66. The van der Waals surface area contributed by atoms with E-state index in [9.17, 15) is 14.7 Å². The highest BCUT2D eigenvalue weighted by atomic mass is 16.3. The van der Waals surface area contributed by atoms with Gasteiger partial charge in [-0.1, -0.05) is 44.2 Å². The highest BCUT2D eigenvalue weighted by molar-refractivity contribution is 6.08. The molecule has 5 heteroatoms. The van der Waals surface area contributed by atoms with E-state index >= 15 is 0 Å². The number of hydrogen-bond donors (Lipinski definition) is 3. The number of anilines is 1. The molecule has 0 heterocycles. The van der Waals surface area contributed by atoms with E-state index in [2.05, 4.69) is 10.6 Å². The van der Waals surface area contributed by atoms with Crippen molar-refractivity contribution in [1.82, 2.24) is 5.32 Å². The summed E-state index contributed by atoms with van der Waals surface area (Å²) in [6, 6.07) is 15.6. The molecule has 0 fully saturated rings. The minimum absolute atomic E-state index is 0.166. The van der Waals surface area contributed by atoms with E-state index in [0.29, 0.717) is 29.7 Å². The lowest BCUT2D eigenvalue weighted by Crippen LogP contribution is -2.42. The first-order valence-corrected chi connectivity index (χ1v) is 8.45. The quantitative estimate of drug-likeness (QED) is 0.724. The summed E-state index contributed by atoms with van der Waals surface area (Å²) >= 11 is 0. The third kappa shape index (κ3) is 4.90. The van der Waals surface area contributed by atoms with Gasteiger partial charge >= 0.3 is 0 Å². The standard InChI is InChI=1S/C20H24N2O3/c1-3-20(25,4-2)14-21-19(24)16-12-8-9-13-17(16)22-18(23)15-10-6-5-7-11-15/h5-13,25H,3-4,14H2,1-2H3,(H,21,24)(H,22,23). The zero-order valence-electron chi connectivity index (χ0n) is 14.6. The van der Waals surface area contributed by atoms with E-state index in [1.165, 1.54) is 0 Å². The number of benzene rings is 2. The molecule has 0 spiro atoms. The van der Waals surface area contributed by atoms with Gasteiger partial charge in [0.05, 0.1) is 16.9 Å². The van der Waals surface area contributed by atoms with Crippen molar-refractivity contribution >= 4 is 17.5 Å². The Morgan fingerprint density at radius 1 is 0.920 bits per heavy atom. The van der Waals surface area contributed by atoms with Gasteiger partial charge in [0.25, 0.3) is 11.8 Å². The maximum atomic E-state index is 12.5. The van der Waals surface area contributed by atoms with Gasteiger partial charge in [0.1, 0.15) is 0 Å². The van der Waals surface area contributed by atoms with Crippen molar-refractivity contribution in [3.63, 3.8) is 0 Å². The van der Waals surface area contributed by atoms with Crippen LogP contribution in [0.15, 0.2) is 54.6 Å². The fourth-order valence-corrected chi connectivity index (χ4v) is 2.41. The number of nitrogens with one attached hydrogen (secondary N) is 2. The van der Waals surface area contributed by atoms with E-state index in [1.54, 1.807) is 48.5 Å². The molecule has 0 aromatic heterocycles. The summed E-state index contributed by atoms with van der Waals surface area (Å²) in [4.78, 5) is 24.8. The normalized spacial score (nSPS) is 11.0. The van der Waals surface area contributed by atoms with E-state index in [0.717, 1.165) is 0 Å². The second-order valence-corrected chi connectivity index (χ2v) is 5.98. The van der Waals surface area contributed by atoms with E-state index in [-0.39, 0.29) is 18.4 Å². The van der Waals surface area contributed by atoms with Crippen LogP contribution in [0, 0.1) is 0 Å². The molecule has 0 saturated carbocycles. The molecule has 0 radical (unpaired) electrons. The van der Waals surface area contributed by atoms with Crippen LogP contribution >= 0.6 is 0 Å². The SMILES string of the molecule is CCC(O)(CC)CNC(=O)c1ccccc1NC(=O)c1ccccc1. The Balaban J connectivity index is 2.12. The second-order valence-electron chi connectivity index (χ2n) is 5.98. The van der Waals surface area contributed by atoms with Crippen LogP contribution in [-0.2, 0) is 0 Å². The Bertz CT molecular complexity index is 725. The fourth-order valence-electron chi connectivity index (χ4n) is 2.41. The van der Waals surface area contributed by atoms with Gasteiger partial charge in [-0.15, -0.1) is 0 Å². The first kappa shape index (κ1) is 18.7. The Morgan fingerprint density at radius 2 is 1.52 bits per heavy atom. The first-order chi connectivity index (χ1) is 12.0. The molecule has 5 nitrogen and oxygen atoms in total. The van der Waals surface area contributed by atoms with Gasteiger partial charge < -0.3 is 15.7 Å². The number of carbonyl (C=O) groups is 2. The molecule has 132 valence electrons. The van der Waals surface area contributed by atoms with Crippen LogP contribution in [0.4, 0.5) is 5.69 Å². The maximum absolute atomic E-state index is 12.5. The molecule has 0 aliphatic heterocycles. The molecular weight excluding hydrogens is 316 g/mol. The molecule has 0 aliphatic rings. The smallest absolute Gasteiger partial charge is 0.255 e. The Labute approximate surface area is 148 Å². The molecule has 2 aromatic carbocycles. The molecule has 0 saturated heterocycles. The number of hydrogen-bond acceptors (Lipinski definition) is 3. The summed E-state index contributed by atoms with van der Waals surface area (Å²) in [5.41, 5.74) is 0.397. The van der Waals surface area contributed by atoms with Crippen LogP contribution in [0.25, 0.3) is 0 Å². The van der Waals surface area contributed by atoms with E-state index in [4.69, 9.17) is 0 Å². The second kappa shape index (κ2) is 8.44. The molecule has 3 N–H and O–H groups in total. The lowest BCUT2D eigenvalue weighted by Gasteiger charge is -2.25. The topological polar surface area (TPSA) is 78.4 Å². The predicted molar refractivity (Wildman–Crippen MR) is 98.7 cm³/mol. The summed E-state index contributed by atoms with van der Waals surface area (Å²) in [6.07, 6.45) is 1.10. The lowest BCUT2D eigenvalue weighted by atomic mass is 9.97. The zero-order valence-corrected chi connectivity index (χ0v) is 14.6. The number of rotatable bonds is 7. The summed E-state index contributed by atoms with van der Waals surface area (Å²) in [6.45, 7) is 3.92. The van der Waals surface area contributed by atoms with Crippen molar-refractivity contribution in [2.75, 3.05) is 11.9 Å². The number of aliphatic hydroxyl groups is 1. The third-order valence-corrected chi connectivity index (χ3v) is 4.35. The van der Waals surface area contributed by atoms with E-state index < -0.39 is 5.60 Å². The molecule has 0 unspecified atom stereocenters. The van der Waals surface area contributed by atoms with Gasteiger partial charge in [-0.25, -0.2) is 0 Å². The average Bonchev–Trinajstić information content (AvgIpc) is 2.67.